The van der Waals surface area contributed by atoms with Crippen LogP contribution in [0.2, 0.25) is 0 Å². The van der Waals surface area contributed by atoms with E-state index < -0.39 is 191 Å². The minimum atomic E-state index is -4.48. The minimum Gasteiger partial charge on any atom is -0.756 e. The maximum atomic E-state index is 13.5. The predicted octanol–water partition coefficient (Wildman–Crippen LogP) is -3.02. The van der Waals surface area contributed by atoms with Crippen molar-refractivity contribution in [2.75, 3.05) is 52.5 Å². The fraction of sp³-hybridized carbons (Fsp3) is 0.423. The molecular formula is C78H109N26O35P5. The van der Waals surface area contributed by atoms with Gasteiger partial charge in [-0.1, -0.05) is 115 Å². The van der Waals surface area contributed by atoms with Crippen molar-refractivity contribution in [2.45, 2.75) is 157 Å². The number of benzene rings is 5. The van der Waals surface area contributed by atoms with Gasteiger partial charge in [-0.3, -0.25) is 51.2 Å². The second kappa shape index (κ2) is 52.6. The van der Waals surface area contributed by atoms with E-state index in [1.54, 1.807) is 99.6 Å². The first-order valence-electron chi connectivity index (χ1n) is 42.9. The fourth-order valence-electron chi connectivity index (χ4n) is 13.4. The van der Waals surface area contributed by atoms with Gasteiger partial charge in [0.25, 0.3) is 37.3 Å². The molecule has 0 bridgehead atoms. The number of aromatic nitrogens is 15. The lowest BCUT2D eigenvalue weighted by atomic mass is 10.1. The fourth-order valence-corrected chi connectivity index (χ4v) is 19.1. The van der Waals surface area contributed by atoms with Crippen molar-refractivity contribution in [2.24, 2.45) is 28.7 Å². The highest BCUT2D eigenvalue weighted by atomic mass is 31.2. The molecule has 5 aromatic heterocycles. The Morgan fingerprint density at radius 2 is 0.549 bits per heavy atom. The minimum absolute atomic E-state index is 0. The maximum absolute atomic E-state index is 13.5. The molecule has 5 aliphatic heterocycles. The van der Waals surface area contributed by atoms with Gasteiger partial charge in [0.2, 0.25) is 29.1 Å². The number of aliphatic hydroxyl groups is 10. The summed E-state index contributed by atoms with van der Waals surface area (Å²) in [5, 5.41) is 133. The number of nitrogens with zero attached hydrogens (tertiary/aromatic N) is 15. The highest BCUT2D eigenvalue weighted by Gasteiger charge is 2.51. The van der Waals surface area contributed by atoms with Crippen molar-refractivity contribution in [3.05, 3.63) is 224 Å². The Kier molecular flexibility index (Phi) is 41.8. The van der Waals surface area contributed by atoms with Gasteiger partial charge in [-0.15, -0.1) is 25.5 Å². The summed E-state index contributed by atoms with van der Waals surface area (Å²) in [6, 6.07) is 43.1. The molecule has 10 aromatic rings. The zero-order chi connectivity index (χ0) is 104. The topological polar surface area (TPSA) is 917 Å². The summed E-state index contributed by atoms with van der Waals surface area (Å²) < 4.78 is 138. The quantitative estimate of drug-likeness (QED) is 0.0169. The molecule has 786 valence electrons. The number of para-hydroxylation sites is 3. The third-order valence-corrected chi connectivity index (χ3v) is 27.3. The number of amides is 5. The van der Waals surface area contributed by atoms with Gasteiger partial charge in [-0.05, 0) is 68.3 Å². The van der Waals surface area contributed by atoms with Crippen molar-refractivity contribution in [3.63, 3.8) is 0 Å². The molecule has 144 heavy (non-hydrogen) atoms. The van der Waals surface area contributed by atoms with Crippen molar-refractivity contribution in [3.8, 4) is 17.2 Å². The molecule has 15 rings (SSSR count). The molecule has 5 amide bonds. The molecule has 5 fully saturated rings. The van der Waals surface area contributed by atoms with E-state index in [4.69, 9.17) is 84.0 Å². The summed E-state index contributed by atoms with van der Waals surface area (Å²) in [6.07, 6.45) is -18.7. The summed E-state index contributed by atoms with van der Waals surface area (Å²) in [5.74, 6) is -4.86. The normalized spacial score (nSPS) is 25.2. The number of carbonyl (C=O) groups excluding carboxylic acids is 5. The summed E-state index contributed by atoms with van der Waals surface area (Å²) in [5.41, 5.74) is 27.0. The number of hydrogen-bond donors (Lipinski definition) is 22. The van der Waals surface area contributed by atoms with Crippen LogP contribution in [0.4, 0.5) is 0 Å². The van der Waals surface area contributed by atoms with E-state index in [1.807, 2.05) is 60.7 Å². The third-order valence-electron chi connectivity index (χ3n) is 20.4. The van der Waals surface area contributed by atoms with Gasteiger partial charge in [-0.2, -0.15) is 5.09 Å². The van der Waals surface area contributed by atoms with Crippen LogP contribution in [0.5, 0.6) is 17.2 Å². The van der Waals surface area contributed by atoms with E-state index in [0.29, 0.717) is 11.5 Å². The van der Waals surface area contributed by atoms with Crippen molar-refractivity contribution >= 4 is 68.3 Å². The first-order chi connectivity index (χ1) is 68.0. The third kappa shape index (κ3) is 31.8. The van der Waals surface area contributed by atoms with E-state index in [-0.39, 0.29) is 107 Å². The Balaban J connectivity index is 0.000000186. The molecule has 22 atom stereocenters. The summed E-state index contributed by atoms with van der Waals surface area (Å²) in [6.45, 7) is 4.17. The number of hydrogen-bond acceptors (Lipinski definition) is 44. The van der Waals surface area contributed by atoms with E-state index in [2.05, 4.69) is 80.4 Å². The number of primary amides is 5. The monoisotopic (exact) mass is 2120 g/mol. The van der Waals surface area contributed by atoms with Gasteiger partial charge < -0.3 is 133 Å². The average Bonchev–Trinajstić information content (AvgIpc) is 1.79. The van der Waals surface area contributed by atoms with E-state index >= 15 is 0 Å². The summed E-state index contributed by atoms with van der Waals surface area (Å²) >= 11 is 0. The van der Waals surface area contributed by atoms with Gasteiger partial charge in [0.05, 0.1) is 33.0 Å². The van der Waals surface area contributed by atoms with Crippen LogP contribution in [-0.2, 0) is 82.3 Å². The second-order valence-electron chi connectivity index (χ2n) is 30.6. The molecule has 0 radical (unpaired) electrons. The van der Waals surface area contributed by atoms with Gasteiger partial charge >= 0.3 is 31.0 Å². The van der Waals surface area contributed by atoms with Crippen LogP contribution in [0.1, 0.15) is 116 Å². The van der Waals surface area contributed by atoms with E-state index in [1.165, 1.54) is 12.1 Å². The Morgan fingerprint density at radius 3 is 0.792 bits per heavy atom. The molecule has 5 saturated heterocycles. The SMILES string of the molecule is CCOP(=O)(NC[C@H]1O[C@@H](n2cnc(C(N)=O)n2)[C@H](O)[C@@H]1O)OCC.CCOP(=O)(O)NC[C@H]1O[C@@H](n2cnc(C(N)=O)n2)[C@H](O)[C@@H]1O.NC(=O)c1ncn([C@@H]2O[C@H](CNP(=O)(OCc3ccccc3)OCc3ccccc3)[C@@H](O)[C@H]2O)n1.NC(=O)c1ncn([C@@H]2O[C@H](CNP(=O)(Oc3ccccc3)Oc3ccccc3)[C@@H](O)[C@H]2O)n1.NC(=O)c1ncn([C@@H]2O[C@H](CNP(=O)([O-])Oc3ccccc3)[C@@H](O)[C@H]2O)n1.[NH4+]. The Morgan fingerprint density at radius 1 is 0.326 bits per heavy atom. The van der Waals surface area contributed by atoms with Crippen molar-refractivity contribution < 1.29 is 168 Å². The first-order valence-corrected chi connectivity index (χ1v) is 50.6. The zero-order valence-electron chi connectivity index (χ0n) is 76.5. The summed E-state index contributed by atoms with van der Waals surface area (Å²) in [4.78, 5) is 95.4. The zero-order valence-corrected chi connectivity index (χ0v) is 81.0. The lowest BCUT2D eigenvalue weighted by Crippen LogP contribution is -2.38. The van der Waals surface area contributed by atoms with Gasteiger partial charge in [0.15, 0.2) is 31.1 Å². The average molecular weight is 2130 g/mol. The number of carbonyl (C=O) groups is 5. The molecule has 0 aliphatic carbocycles. The number of rotatable bonds is 43. The number of ether oxygens (including phenoxy) is 5. The Bertz CT molecular complexity index is 5920. The smallest absolute Gasteiger partial charge is 0.512 e. The molecule has 5 aliphatic rings. The Hall–Kier alpha value is -11.4. The molecule has 61 nitrogen and oxygen atoms in total. The van der Waals surface area contributed by atoms with Crippen LogP contribution >= 0.6 is 38.7 Å². The second-order valence-corrected chi connectivity index (χ2v) is 39.0. The highest BCUT2D eigenvalue weighted by molar-refractivity contribution is 7.52. The standard InChI is InChI=1S/C22H26N5O7P.C20H22N5O7P.C14H18N5O7P.C12H22N5O7P.C10H18N5O7P.H3N/c23-20(30)21-24-14-27(26-21)22-19(29)18(28)17(34-22)11-25-35(31,32-12-15-7-3-1-4-8-15)33-13-16-9-5-2-6-10-16;21-18(28)19-22-12-25(24-19)20-17(27)16(26)15(30-20)11-23-33(29,31-13-7-3-1-4-8-13)32-14-9-5-2-6-10-14;15-12(22)13-16-7-19(18-13)14-11(21)10(20)9(25-14)6-17-27(23,24)26-8-4-2-1-3-5-8;1-3-22-25(21,23-4-2)15-5-7-8(18)9(19)12(24-7)17-6-14-11(16-17)10(13)20;1-2-21-23(19,20)13-3-5-6(16)7(17)10(22-5)15-4-12-9(14-15)8(11)18;/h1-10,14,17-19,22,28-29H,11-13H2,(H2,23,30)(H,25,31);1-10,12,15-17,20,26-27H,11H2,(H2,21,28)(H,23,29);1-5,7,9-11,14,20-21H,6H2,(H2,15,22)(H2,17,23,24);6-9,12,18-19H,3-5H2,1-2H3,(H2,13,20)(H,15,21);4-7,10,16-17H,2-3H2,1H3,(H2,11,18)(H2,13,19,20);1H3/t17-,18-,19-,22-;15-,16-,17-,20-;9-,10-,11-,14-;7-,8-,9-,12-;5-,6-,7-,10-;/m11111./s1. The van der Waals surface area contributed by atoms with Gasteiger partial charge in [-0.25, -0.2) is 86.9 Å². The maximum Gasteiger partial charge on any atom is 0.512 e. The highest BCUT2D eigenvalue weighted by Crippen LogP contribution is 2.49. The van der Waals surface area contributed by atoms with E-state index in [0.717, 1.165) is 66.2 Å². The number of quaternary nitrogens is 1. The van der Waals surface area contributed by atoms with Crippen LogP contribution in [0.3, 0.4) is 0 Å². The molecule has 66 heteroatoms. The lowest BCUT2D eigenvalue weighted by molar-refractivity contribution is -0.195. The first kappa shape index (κ1) is 115. The van der Waals surface area contributed by atoms with Crippen molar-refractivity contribution in [1.29, 1.82) is 0 Å². The summed E-state index contributed by atoms with van der Waals surface area (Å²) in [7, 11) is -19.9. The predicted molar refractivity (Wildman–Crippen MR) is 487 cm³/mol. The molecule has 5 aromatic carbocycles. The molecular weight excluding hydrogens is 2020 g/mol. The molecule has 0 saturated carbocycles. The number of aliphatic hydroxyl groups excluding tert-OH is 10. The molecule has 0 spiro atoms. The molecule has 30 N–H and O–H groups in total. The van der Waals surface area contributed by atoms with Crippen LogP contribution in [-0.4, -0.2) is 303 Å². The van der Waals surface area contributed by atoms with Crippen LogP contribution in [0.25, 0.3) is 0 Å². The van der Waals surface area contributed by atoms with Crippen LogP contribution < -0.4 is 78.7 Å². The Labute approximate surface area is 816 Å². The molecule has 10 heterocycles. The van der Waals surface area contributed by atoms with Crippen LogP contribution in [0, 0.1) is 0 Å². The lowest BCUT2D eigenvalue weighted by Gasteiger charge is -2.26. The van der Waals surface area contributed by atoms with E-state index in [9.17, 15) is 108 Å². The van der Waals surface area contributed by atoms with Gasteiger partial charge in [0, 0.05) is 32.7 Å². The van der Waals surface area contributed by atoms with Crippen molar-refractivity contribution in [1.82, 2.24) is 105 Å². The molecule has 2 unspecified atom stereocenters. The number of nitrogens with two attached hydrogens (primary N) is 5. The van der Waals surface area contributed by atoms with Crippen LogP contribution in [0.15, 0.2) is 183 Å². The number of nitrogens with one attached hydrogen (secondary N) is 5. The van der Waals surface area contributed by atoms with Gasteiger partial charge in [0.1, 0.15) is 140 Å². The largest absolute Gasteiger partial charge is 0.756 e.